The van der Waals surface area contributed by atoms with Gasteiger partial charge in [0, 0.05) is 19.3 Å². The van der Waals surface area contributed by atoms with Gasteiger partial charge >= 0.3 is 5.69 Å². The molecule has 9 nitrogen and oxygen atoms in total. The number of hydrogen-bond donors (Lipinski definition) is 1. The number of halogens is 2. The van der Waals surface area contributed by atoms with Crippen molar-refractivity contribution in [2.75, 3.05) is 5.32 Å². The van der Waals surface area contributed by atoms with Gasteiger partial charge < -0.3 is 5.32 Å². The quantitative estimate of drug-likeness (QED) is 0.663. The predicted octanol–water partition coefficient (Wildman–Crippen LogP) is 1.41. The normalized spacial score (nSPS) is 11.0. The van der Waals surface area contributed by atoms with Gasteiger partial charge in [-0.25, -0.2) is 8.78 Å². The summed E-state index contributed by atoms with van der Waals surface area (Å²) in [6.45, 7) is 0.820. The van der Waals surface area contributed by atoms with Crippen LogP contribution in [0, 0.1) is 17.0 Å². The molecule has 1 amide bonds. The number of aromatic nitrogens is 4. The Kier molecular flexibility index (Phi) is 4.15. The lowest BCUT2D eigenvalue weighted by atomic mass is 10.3. The standard InChI is InChI=1S/C11H12F2N6O3/c1-6-10(19(21)22)9(11(12)13)16-18(6)5-8(20)14-7-3-4-17(2)15-7/h3-4,11H,5H2,1-2H3,(H,14,15,20). The van der Waals surface area contributed by atoms with Gasteiger partial charge in [0.2, 0.25) is 11.6 Å². The molecule has 2 aromatic rings. The van der Waals surface area contributed by atoms with Crippen LogP contribution < -0.4 is 5.32 Å². The molecule has 0 bridgehead atoms. The molecule has 22 heavy (non-hydrogen) atoms. The smallest absolute Gasteiger partial charge is 0.308 e. The number of aryl methyl sites for hydroxylation is 1. The van der Waals surface area contributed by atoms with E-state index in [9.17, 15) is 23.7 Å². The molecule has 0 radical (unpaired) electrons. The molecule has 0 fully saturated rings. The number of hydrogen-bond acceptors (Lipinski definition) is 5. The summed E-state index contributed by atoms with van der Waals surface area (Å²) in [5, 5.41) is 20.7. The largest absolute Gasteiger partial charge is 0.319 e. The molecule has 0 saturated carbocycles. The molecule has 2 heterocycles. The highest BCUT2D eigenvalue weighted by atomic mass is 19.3. The van der Waals surface area contributed by atoms with Gasteiger partial charge in [-0.05, 0) is 6.92 Å². The van der Waals surface area contributed by atoms with Crippen LogP contribution >= 0.6 is 0 Å². The van der Waals surface area contributed by atoms with Gasteiger partial charge in [0.1, 0.15) is 12.2 Å². The van der Waals surface area contributed by atoms with Crippen LogP contribution in [0.25, 0.3) is 0 Å². The summed E-state index contributed by atoms with van der Waals surface area (Å²) in [6, 6.07) is 1.54. The first kappa shape index (κ1) is 15.5. The molecule has 0 saturated heterocycles. The Hall–Kier alpha value is -2.85. The van der Waals surface area contributed by atoms with Gasteiger partial charge in [-0.2, -0.15) is 10.2 Å². The lowest BCUT2D eigenvalue weighted by Crippen LogP contribution is -2.20. The van der Waals surface area contributed by atoms with Crippen LogP contribution in [0.5, 0.6) is 0 Å². The Labute approximate surface area is 122 Å². The van der Waals surface area contributed by atoms with Gasteiger partial charge in [-0.1, -0.05) is 0 Å². The van der Waals surface area contributed by atoms with E-state index < -0.39 is 35.2 Å². The highest BCUT2D eigenvalue weighted by Gasteiger charge is 2.31. The summed E-state index contributed by atoms with van der Waals surface area (Å²) in [6.07, 6.45) is -1.49. The van der Waals surface area contributed by atoms with Crippen molar-refractivity contribution in [1.82, 2.24) is 19.6 Å². The maximum Gasteiger partial charge on any atom is 0.319 e. The molecule has 0 unspecified atom stereocenters. The Morgan fingerprint density at radius 1 is 1.50 bits per heavy atom. The molecule has 1 N–H and O–H groups in total. The molecular weight excluding hydrogens is 302 g/mol. The van der Waals surface area contributed by atoms with E-state index in [4.69, 9.17) is 0 Å². The number of carbonyl (C=O) groups is 1. The number of anilines is 1. The highest BCUT2D eigenvalue weighted by Crippen LogP contribution is 2.30. The molecule has 0 aliphatic heterocycles. The van der Waals surface area contributed by atoms with Crippen molar-refractivity contribution in [2.45, 2.75) is 19.9 Å². The zero-order valence-electron chi connectivity index (χ0n) is 11.7. The molecule has 0 atom stereocenters. The molecule has 0 spiro atoms. The molecule has 118 valence electrons. The summed E-state index contributed by atoms with van der Waals surface area (Å²) in [5.41, 5.74) is -1.84. The maximum atomic E-state index is 12.8. The van der Waals surface area contributed by atoms with Crippen molar-refractivity contribution in [3.8, 4) is 0 Å². The number of nitrogens with one attached hydrogen (secondary N) is 1. The molecular formula is C11H12F2N6O3. The molecule has 2 aromatic heterocycles. The molecule has 0 aliphatic carbocycles. The maximum absolute atomic E-state index is 12.8. The van der Waals surface area contributed by atoms with Crippen LogP contribution in [0.15, 0.2) is 12.3 Å². The molecule has 11 heteroatoms. The Morgan fingerprint density at radius 2 is 2.18 bits per heavy atom. The lowest BCUT2D eigenvalue weighted by Gasteiger charge is -2.03. The van der Waals surface area contributed by atoms with E-state index in [0.29, 0.717) is 0 Å². The SMILES string of the molecule is Cc1c([N+](=O)[O-])c(C(F)F)nn1CC(=O)Nc1ccn(C)n1. The monoisotopic (exact) mass is 314 g/mol. The molecule has 0 aromatic carbocycles. The predicted molar refractivity (Wildman–Crippen MR) is 70.4 cm³/mol. The minimum atomic E-state index is -3.10. The average Bonchev–Trinajstić information content (AvgIpc) is 2.94. The fourth-order valence-corrected chi connectivity index (χ4v) is 1.89. The van der Waals surface area contributed by atoms with Gasteiger partial charge in [0.05, 0.1) is 4.92 Å². The van der Waals surface area contributed by atoms with Crippen molar-refractivity contribution >= 4 is 17.4 Å². The van der Waals surface area contributed by atoms with Crippen LogP contribution in [0.1, 0.15) is 17.8 Å². The number of rotatable bonds is 5. The molecule has 0 aliphatic rings. The van der Waals surface area contributed by atoms with Gasteiger partial charge in [-0.15, -0.1) is 0 Å². The number of amides is 1. The Morgan fingerprint density at radius 3 is 2.64 bits per heavy atom. The highest BCUT2D eigenvalue weighted by molar-refractivity contribution is 5.89. The van der Waals surface area contributed by atoms with Gasteiger partial charge in [0.15, 0.2) is 5.82 Å². The Bertz CT molecular complexity index is 723. The number of nitrogens with zero attached hydrogens (tertiary/aromatic N) is 5. The van der Waals surface area contributed by atoms with E-state index in [1.165, 1.54) is 11.6 Å². The van der Waals surface area contributed by atoms with Crippen LogP contribution in [-0.2, 0) is 18.4 Å². The second-order valence-electron chi connectivity index (χ2n) is 4.46. The first-order valence-corrected chi connectivity index (χ1v) is 6.09. The van der Waals surface area contributed by atoms with E-state index in [-0.39, 0.29) is 11.5 Å². The fourth-order valence-electron chi connectivity index (χ4n) is 1.89. The summed E-state index contributed by atoms with van der Waals surface area (Å²) in [4.78, 5) is 21.7. The van der Waals surface area contributed by atoms with Crippen LogP contribution in [0.3, 0.4) is 0 Å². The minimum absolute atomic E-state index is 0.114. The van der Waals surface area contributed by atoms with E-state index >= 15 is 0 Å². The minimum Gasteiger partial charge on any atom is -0.308 e. The number of alkyl halides is 2. The van der Waals surface area contributed by atoms with E-state index in [1.54, 1.807) is 19.3 Å². The van der Waals surface area contributed by atoms with E-state index in [0.717, 1.165) is 4.68 Å². The van der Waals surface area contributed by atoms with Crippen molar-refractivity contribution < 1.29 is 18.5 Å². The third-order valence-electron chi connectivity index (χ3n) is 2.86. The van der Waals surface area contributed by atoms with E-state index in [2.05, 4.69) is 15.5 Å². The van der Waals surface area contributed by atoms with Gasteiger partial charge in [0.25, 0.3) is 6.43 Å². The topological polar surface area (TPSA) is 108 Å². The van der Waals surface area contributed by atoms with Crippen LogP contribution in [0.4, 0.5) is 20.3 Å². The van der Waals surface area contributed by atoms with Crippen molar-refractivity contribution in [1.29, 1.82) is 0 Å². The van der Waals surface area contributed by atoms with Crippen molar-refractivity contribution in [3.05, 3.63) is 33.8 Å². The fraction of sp³-hybridized carbons (Fsp3) is 0.364. The second-order valence-corrected chi connectivity index (χ2v) is 4.46. The summed E-state index contributed by atoms with van der Waals surface area (Å²) in [7, 11) is 1.66. The first-order chi connectivity index (χ1) is 10.3. The number of carbonyl (C=O) groups excluding carboxylic acids is 1. The third kappa shape index (κ3) is 3.07. The first-order valence-electron chi connectivity index (χ1n) is 6.09. The Balaban J connectivity index is 2.20. The zero-order valence-corrected chi connectivity index (χ0v) is 11.7. The molecule has 2 rings (SSSR count). The third-order valence-corrected chi connectivity index (χ3v) is 2.86. The van der Waals surface area contributed by atoms with Crippen LogP contribution in [0.2, 0.25) is 0 Å². The van der Waals surface area contributed by atoms with Crippen molar-refractivity contribution in [2.24, 2.45) is 7.05 Å². The summed E-state index contributed by atoms with van der Waals surface area (Å²) >= 11 is 0. The zero-order chi connectivity index (χ0) is 16.4. The van der Waals surface area contributed by atoms with Crippen molar-refractivity contribution in [3.63, 3.8) is 0 Å². The number of nitro groups is 1. The second kappa shape index (κ2) is 5.87. The summed E-state index contributed by atoms with van der Waals surface area (Å²) in [5.74, 6) is -0.305. The van der Waals surface area contributed by atoms with Crippen LogP contribution in [-0.4, -0.2) is 30.4 Å². The van der Waals surface area contributed by atoms with Gasteiger partial charge in [-0.3, -0.25) is 24.3 Å². The average molecular weight is 314 g/mol. The summed E-state index contributed by atoms with van der Waals surface area (Å²) < 4.78 is 27.9. The van der Waals surface area contributed by atoms with E-state index in [1.807, 2.05) is 0 Å². The lowest BCUT2D eigenvalue weighted by molar-refractivity contribution is -0.386.